The zero-order valence-electron chi connectivity index (χ0n) is 33.1. The van der Waals surface area contributed by atoms with Gasteiger partial charge in [0.15, 0.2) is 0 Å². The number of hydrogen-bond donors (Lipinski definition) is 10. The fourth-order valence-electron chi connectivity index (χ4n) is 6.39. The number of carbonyl (C=O) groups excluding carboxylic acids is 2. The maximum atomic E-state index is 13.0. The summed E-state index contributed by atoms with van der Waals surface area (Å²) in [6, 6.07) is -0.665. The van der Waals surface area contributed by atoms with Gasteiger partial charge < -0.3 is 51.5 Å². The molecule has 0 heterocycles. The lowest BCUT2D eigenvalue weighted by atomic mass is 9.91. The number of aliphatic carboxylic acids is 8. The molecule has 0 spiro atoms. The number of nitrogens with one attached hydrogen (secondary N) is 2. The maximum Gasteiger partial charge on any atom is 0.317 e. The summed E-state index contributed by atoms with van der Waals surface area (Å²) in [7, 11) is 0. The van der Waals surface area contributed by atoms with Gasteiger partial charge in [-0.25, -0.2) is 0 Å². The molecule has 0 saturated heterocycles. The van der Waals surface area contributed by atoms with E-state index >= 15 is 0 Å². The van der Waals surface area contributed by atoms with Crippen LogP contribution in [-0.2, 0) is 47.9 Å². The Kier molecular flexibility index (Phi) is 24.5. The summed E-state index contributed by atoms with van der Waals surface area (Å²) in [5.74, 6) is -11.1. The van der Waals surface area contributed by atoms with Gasteiger partial charge in [-0.1, -0.05) is 0 Å². The normalized spacial score (nSPS) is 15.4. The molecule has 2 amide bonds. The minimum absolute atomic E-state index is 0.0436. The van der Waals surface area contributed by atoms with Crippen molar-refractivity contribution in [2.75, 3.05) is 118 Å². The van der Waals surface area contributed by atoms with Crippen molar-refractivity contribution in [2.45, 2.75) is 37.8 Å². The van der Waals surface area contributed by atoms with Crippen LogP contribution in [0.2, 0.25) is 0 Å². The van der Waals surface area contributed by atoms with Gasteiger partial charge in [-0.05, 0) is 25.7 Å². The number of nitrogens with zero attached hydrogens (tertiary/aromatic N) is 6. The van der Waals surface area contributed by atoms with Crippen molar-refractivity contribution in [3.63, 3.8) is 0 Å². The maximum absolute atomic E-state index is 13.0. The standard InChI is InChI=1S/C34H56N8O18/c43-25(13-39(17-29(49)50)9-5-37(15-27(45)46)7-11-41(19-31(53)54)20-32(55)56)35-23-1-2-24(4-3-23)36-26(44)14-40(18-30(51)52)10-6-38(16-28(47)48)8-12-42(21-33(57)58)22-34(59)60/h23-24H,1-22H2,(H,35,43)(H,36,44)(H,45,46)(H,47,48)(H,49,50)(H,51,52)(H,53,54)(H,55,56)(H,57,58)(H,59,60). The number of rotatable bonds is 34. The minimum atomic E-state index is -1.28. The minimum Gasteiger partial charge on any atom is -0.480 e. The van der Waals surface area contributed by atoms with E-state index in [1.807, 2.05) is 0 Å². The number of hydrogen-bond acceptors (Lipinski definition) is 16. The molecule has 0 aromatic rings. The van der Waals surface area contributed by atoms with Crippen LogP contribution in [0.3, 0.4) is 0 Å². The summed E-state index contributed by atoms with van der Waals surface area (Å²) in [5.41, 5.74) is 0. The van der Waals surface area contributed by atoms with Crippen molar-refractivity contribution in [3.8, 4) is 0 Å². The molecule has 1 saturated carbocycles. The molecule has 10 N–H and O–H groups in total. The second kappa shape index (κ2) is 28.0. The van der Waals surface area contributed by atoms with E-state index in [4.69, 9.17) is 20.4 Å². The summed E-state index contributed by atoms with van der Waals surface area (Å²) >= 11 is 0. The van der Waals surface area contributed by atoms with Crippen LogP contribution in [0.15, 0.2) is 0 Å². The first kappa shape index (κ1) is 52.5. The molecular weight excluding hydrogens is 808 g/mol. The van der Waals surface area contributed by atoms with Crippen LogP contribution in [0.5, 0.6) is 0 Å². The molecule has 0 aromatic carbocycles. The first-order valence-electron chi connectivity index (χ1n) is 18.8. The van der Waals surface area contributed by atoms with Crippen molar-refractivity contribution in [1.82, 2.24) is 40.0 Å². The third kappa shape index (κ3) is 26.5. The predicted molar refractivity (Wildman–Crippen MR) is 202 cm³/mol. The topological polar surface area (TPSA) is 376 Å². The molecule has 0 aliphatic heterocycles. The third-order valence-corrected chi connectivity index (χ3v) is 8.99. The highest BCUT2D eigenvalue weighted by Gasteiger charge is 2.27. The van der Waals surface area contributed by atoms with Gasteiger partial charge in [-0.15, -0.1) is 0 Å². The van der Waals surface area contributed by atoms with Crippen molar-refractivity contribution in [1.29, 1.82) is 0 Å². The Bertz CT molecular complexity index is 1350. The van der Waals surface area contributed by atoms with Crippen molar-refractivity contribution < 1.29 is 88.8 Å². The highest BCUT2D eigenvalue weighted by Crippen LogP contribution is 2.19. The van der Waals surface area contributed by atoms with Crippen molar-refractivity contribution >= 4 is 59.6 Å². The fraction of sp³-hybridized carbons (Fsp3) is 0.706. The van der Waals surface area contributed by atoms with Crippen LogP contribution in [0, 0.1) is 0 Å². The average molecular weight is 865 g/mol. The van der Waals surface area contributed by atoms with Gasteiger partial charge in [0.2, 0.25) is 11.8 Å². The molecule has 1 rings (SSSR count). The number of carboxylic acid groups (broad SMARTS) is 8. The molecule has 1 aliphatic rings. The quantitative estimate of drug-likeness (QED) is 0.0289. The van der Waals surface area contributed by atoms with E-state index in [2.05, 4.69) is 10.6 Å². The van der Waals surface area contributed by atoms with Gasteiger partial charge in [0.1, 0.15) is 0 Å². The van der Waals surface area contributed by atoms with Crippen LogP contribution in [0.1, 0.15) is 25.7 Å². The lowest BCUT2D eigenvalue weighted by Gasteiger charge is -2.31. The van der Waals surface area contributed by atoms with Gasteiger partial charge >= 0.3 is 47.8 Å². The zero-order chi connectivity index (χ0) is 45.4. The first-order valence-corrected chi connectivity index (χ1v) is 18.8. The average Bonchev–Trinajstić information content (AvgIpc) is 3.09. The molecule has 0 atom stereocenters. The third-order valence-electron chi connectivity index (χ3n) is 8.99. The van der Waals surface area contributed by atoms with Crippen LogP contribution >= 0.6 is 0 Å². The van der Waals surface area contributed by atoms with E-state index in [-0.39, 0.29) is 77.5 Å². The van der Waals surface area contributed by atoms with Gasteiger partial charge in [-0.2, -0.15) is 0 Å². The van der Waals surface area contributed by atoms with Gasteiger partial charge in [0.25, 0.3) is 0 Å². The molecule has 0 unspecified atom stereocenters. The zero-order valence-corrected chi connectivity index (χ0v) is 33.1. The van der Waals surface area contributed by atoms with Gasteiger partial charge in [0.05, 0.1) is 65.4 Å². The number of carbonyl (C=O) groups is 10. The van der Waals surface area contributed by atoms with E-state index in [9.17, 15) is 68.4 Å². The van der Waals surface area contributed by atoms with E-state index in [0.717, 1.165) is 9.80 Å². The second-order valence-electron chi connectivity index (χ2n) is 14.2. The summed E-state index contributed by atoms with van der Waals surface area (Å²) in [6.07, 6.45) is 1.70. The van der Waals surface area contributed by atoms with E-state index in [1.165, 1.54) is 19.6 Å². The Morgan fingerprint density at radius 3 is 0.667 bits per heavy atom. The summed E-state index contributed by atoms with van der Waals surface area (Å²) < 4.78 is 0. The lowest BCUT2D eigenvalue weighted by Crippen LogP contribution is -2.50. The summed E-state index contributed by atoms with van der Waals surface area (Å²) in [6.45, 7) is -5.86. The lowest BCUT2D eigenvalue weighted by molar-refractivity contribution is -0.144. The smallest absolute Gasteiger partial charge is 0.317 e. The molecular formula is C34H56N8O18. The van der Waals surface area contributed by atoms with Gasteiger partial charge in [-0.3, -0.25) is 77.3 Å². The highest BCUT2D eigenvalue weighted by molar-refractivity contribution is 5.80. The van der Waals surface area contributed by atoms with Crippen LogP contribution in [0.4, 0.5) is 0 Å². The van der Waals surface area contributed by atoms with Crippen molar-refractivity contribution in [3.05, 3.63) is 0 Å². The van der Waals surface area contributed by atoms with Crippen molar-refractivity contribution in [2.24, 2.45) is 0 Å². The molecule has 1 fully saturated rings. The largest absolute Gasteiger partial charge is 0.480 e. The molecule has 340 valence electrons. The Hall–Kier alpha value is -5.54. The van der Waals surface area contributed by atoms with Crippen LogP contribution < -0.4 is 10.6 Å². The molecule has 1 aliphatic carbocycles. The number of amides is 2. The Morgan fingerprint density at radius 2 is 0.467 bits per heavy atom. The summed E-state index contributed by atoms with van der Waals surface area (Å²) in [5, 5.41) is 79.4. The summed E-state index contributed by atoms with van der Waals surface area (Å²) in [4.78, 5) is 124. The molecule has 26 heteroatoms. The molecule has 26 nitrogen and oxygen atoms in total. The van der Waals surface area contributed by atoms with Crippen LogP contribution in [0.25, 0.3) is 0 Å². The highest BCUT2D eigenvalue weighted by atomic mass is 16.4. The van der Waals surface area contributed by atoms with E-state index < -0.39 is 112 Å². The molecule has 0 radical (unpaired) electrons. The number of carboxylic acids is 8. The van der Waals surface area contributed by atoms with E-state index in [0.29, 0.717) is 25.7 Å². The molecule has 60 heavy (non-hydrogen) atoms. The molecule has 0 bridgehead atoms. The van der Waals surface area contributed by atoms with Gasteiger partial charge in [0, 0.05) is 64.4 Å². The monoisotopic (exact) mass is 864 g/mol. The fourth-order valence-corrected chi connectivity index (χ4v) is 6.39. The Balaban J connectivity index is 2.73. The Morgan fingerprint density at radius 1 is 0.300 bits per heavy atom. The predicted octanol–water partition coefficient (Wildman–Crippen LogP) is -4.98. The second-order valence-corrected chi connectivity index (χ2v) is 14.2. The Labute approximate surface area is 343 Å². The van der Waals surface area contributed by atoms with E-state index in [1.54, 1.807) is 0 Å². The first-order chi connectivity index (χ1) is 28.1. The molecule has 0 aromatic heterocycles. The van der Waals surface area contributed by atoms with Crippen LogP contribution in [-0.4, -0.2) is 260 Å². The SMILES string of the molecule is O=C(O)CN(CCN(CC(=O)O)CC(=O)O)CCN(CC(=O)O)CC(=O)NC1CCC(NC(=O)CN(CCN(CCN(CC(=O)O)CC(=O)O)CC(=O)O)CC(=O)O)CC1.